The molecule has 2 atom stereocenters. The van der Waals surface area contributed by atoms with Crippen LogP contribution in [0.5, 0.6) is 0 Å². The summed E-state index contributed by atoms with van der Waals surface area (Å²) < 4.78 is 0. The maximum Gasteiger partial charge on any atom is 0.00670 e. The van der Waals surface area contributed by atoms with Crippen molar-refractivity contribution in [2.75, 3.05) is 13.1 Å². The second-order valence-electron chi connectivity index (χ2n) is 9.44. The van der Waals surface area contributed by atoms with Gasteiger partial charge in [-0.05, 0) is 38.6 Å². The molecule has 0 saturated heterocycles. The van der Waals surface area contributed by atoms with Gasteiger partial charge in [-0.1, -0.05) is 124 Å². The molecule has 0 aromatic rings. The molecule has 0 fully saturated rings. The number of hydrogen-bond acceptors (Lipinski definition) is 1. The normalized spacial score (nSPS) is 13.9. The number of unbranched alkanes of at least 4 members (excludes halogenated alkanes) is 12. The van der Waals surface area contributed by atoms with E-state index >= 15 is 0 Å². The SMILES string of the molecule is CCCCCCCCCCCN(CC(CC)CCCC)C(C)CCCCCC. The van der Waals surface area contributed by atoms with Crippen molar-refractivity contribution >= 4 is 0 Å². The van der Waals surface area contributed by atoms with Gasteiger partial charge >= 0.3 is 0 Å². The molecule has 0 bridgehead atoms. The first kappa shape index (κ1) is 28.0. The second kappa shape index (κ2) is 21.7. The zero-order chi connectivity index (χ0) is 20.9. The Balaban J connectivity index is 4.20. The summed E-state index contributed by atoms with van der Waals surface area (Å²) in [5.74, 6) is 0.914. The quantitative estimate of drug-likeness (QED) is 0.165. The van der Waals surface area contributed by atoms with Crippen LogP contribution in [0, 0.1) is 5.92 Å². The Bertz CT molecular complexity index is 288. The summed E-state index contributed by atoms with van der Waals surface area (Å²) in [6.07, 6.45) is 25.5. The lowest BCUT2D eigenvalue weighted by atomic mass is 9.97. The molecule has 2 unspecified atom stereocenters. The molecular weight excluding hydrogens is 338 g/mol. The van der Waals surface area contributed by atoms with E-state index in [0.717, 1.165) is 12.0 Å². The maximum atomic E-state index is 2.87. The van der Waals surface area contributed by atoms with Crippen molar-refractivity contribution in [2.45, 2.75) is 156 Å². The number of hydrogen-bond donors (Lipinski definition) is 0. The largest absolute Gasteiger partial charge is 0.300 e. The van der Waals surface area contributed by atoms with Crippen LogP contribution in [-0.4, -0.2) is 24.0 Å². The van der Waals surface area contributed by atoms with E-state index in [2.05, 4.69) is 39.5 Å². The van der Waals surface area contributed by atoms with Gasteiger partial charge in [0.1, 0.15) is 0 Å². The monoisotopic (exact) mass is 395 g/mol. The molecule has 0 N–H and O–H groups in total. The predicted octanol–water partition coefficient (Wildman–Crippen LogP) is 9.39. The lowest BCUT2D eigenvalue weighted by Crippen LogP contribution is -2.38. The van der Waals surface area contributed by atoms with Gasteiger partial charge in [0.25, 0.3) is 0 Å². The summed E-state index contributed by atoms with van der Waals surface area (Å²) >= 11 is 0. The first-order valence-electron chi connectivity index (χ1n) is 13.4. The van der Waals surface area contributed by atoms with E-state index in [1.54, 1.807) is 0 Å². The van der Waals surface area contributed by atoms with E-state index in [9.17, 15) is 0 Å². The molecule has 0 aliphatic heterocycles. The Morgan fingerprint density at radius 2 is 1.04 bits per heavy atom. The fraction of sp³-hybridized carbons (Fsp3) is 1.00. The molecule has 0 aliphatic carbocycles. The molecule has 0 aromatic heterocycles. The van der Waals surface area contributed by atoms with Crippen molar-refractivity contribution in [3.05, 3.63) is 0 Å². The van der Waals surface area contributed by atoms with Crippen molar-refractivity contribution < 1.29 is 0 Å². The molecular formula is C27H57N. The third-order valence-electron chi connectivity index (χ3n) is 6.68. The van der Waals surface area contributed by atoms with Crippen molar-refractivity contribution in [3.8, 4) is 0 Å². The number of nitrogens with zero attached hydrogens (tertiary/aromatic N) is 1. The van der Waals surface area contributed by atoms with Crippen molar-refractivity contribution in [1.82, 2.24) is 4.90 Å². The van der Waals surface area contributed by atoms with E-state index < -0.39 is 0 Å². The summed E-state index contributed by atoms with van der Waals surface area (Å²) in [5, 5.41) is 0. The van der Waals surface area contributed by atoms with Gasteiger partial charge in [0.05, 0.1) is 0 Å². The van der Waals surface area contributed by atoms with Crippen molar-refractivity contribution in [1.29, 1.82) is 0 Å². The van der Waals surface area contributed by atoms with Crippen LogP contribution in [0.1, 0.15) is 150 Å². The highest BCUT2D eigenvalue weighted by Gasteiger charge is 2.17. The highest BCUT2D eigenvalue weighted by molar-refractivity contribution is 4.72. The molecule has 0 radical (unpaired) electrons. The van der Waals surface area contributed by atoms with Gasteiger partial charge in [0.15, 0.2) is 0 Å². The fourth-order valence-electron chi connectivity index (χ4n) is 4.42. The van der Waals surface area contributed by atoms with Gasteiger partial charge in [-0.3, -0.25) is 0 Å². The summed E-state index contributed by atoms with van der Waals surface area (Å²) in [6.45, 7) is 14.6. The van der Waals surface area contributed by atoms with E-state index in [0.29, 0.717) is 0 Å². The van der Waals surface area contributed by atoms with Crippen LogP contribution in [0.3, 0.4) is 0 Å². The van der Waals surface area contributed by atoms with Gasteiger partial charge in [0.2, 0.25) is 0 Å². The average molecular weight is 396 g/mol. The molecule has 28 heavy (non-hydrogen) atoms. The van der Waals surface area contributed by atoms with Crippen LogP contribution in [0.15, 0.2) is 0 Å². The maximum absolute atomic E-state index is 2.87. The molecule has 0 amide bonds. The highest BCUT2D eigenvalue weighted by atomic mass is 15.1. The first-order valence-corrected chi connectivity index (χ1v) is 13.4. The van der Waals surface area contributed by atoms with E-state index in [4.69, 9.17) is 0 Å². The van der Waals surface area contributed by atoms with Gasteiger partial charge in [-0.2, -0.15) is 0 Å². The Kier molecular flexibility index (Phi) is 21.6. The molecule has 0 saturated carbocycles. The van der Waals surface area contributed by atoms with Gasteiger partial charge < -0.3 is 4.90 Å². The Morgan fingerprint density at radius 1 is 0.536 bits per heavy atom. The van der Waals surface area contributed by atoms with Crippen LogP contribution >= 0.6 is 0 Å². The van der Waals surface area contributed by atoms with E-state index in [1.807, 2.05) is 0 Å². The minimum atomic E-state index is 0.779. The minimum absolute atomic E-state index is 0.779. The average Bonchev–Trinajstić information content (AvgIpc) is 2.71. The summed E-state index contributed by atoms with van der Waals surface area (Å²) in [5.41, 5.74) is 0. The van der Waals surface area contributed by atoms with Crippen LogP contribution in [0.4, 0.5) is 0 Å². The molecule has 0 spiro atoms. The fourth-order valence-corrected chi connectivity index (χ4v) is 4.42. The van der Waals surface area contributed by atoms with Crippen molar-refractivity contribution in [3.63, 3.8) is 0 Å². The van der Waals surface area contributed by atoms with Crippen LogP contribution < -0.4 is 0 Å². The highest BCUT2D eigenvalue weighted by Crippen LogP contribution is 2.19. The van der Waals surface area contributed by atoms with Crippen molar-refractivity contribution in [2.24, 2.45) is 5.92 Å². The zero-order valence-corrected chi connectivity index (χ0v) is 20.7. The van der Waals surface area contributed by atoms with Gasteiger partial charge in [0, 0.05) is 12.6 Å². The molecule has 170 valence electrons. The molecule has 0 aromatic carbocycles. The van der Waals surface area contributed by atoms with E-state index in [-0.39, 0.29) is 0 Å². The van der Waals surface area contributed by atoms with Crippen LogP contribution in [0.25, 0.3) is 0 Å². The van der Waals surface area contributed by atoms with Crippen LogP contribution in [-0.2, 0) is 0 Å². The Labute approximate surface area is 180 Å². The molecule has 0 rings (SSSR count). The summed E-state index contributed by atoms with van der Waals surface area (Å²) in [4.78, 5) is 2.87. The second-order valence-corrected chi connectivity index (χ2v) is 9.44. The lowest BCUT2D eigenvalue weighted by Gasteiger charge is -2.32. The molecule has 0 heterocycles. The van der Waals surface area contributed by atoms with Gasteiger partial charge in [-0.25, -0.2) is 0 Å². The topological polar surface area (TPSA) is 3.24 Å². The molecule has 1 nitrogen and oxygen atoms in total. The standard InChI is InChI=1S/C27H57N/c1-6-10-13-15-16-17-18-19-21-24-28(25-27(9-4)23-12-8-3)26(5)22-20-14-11-7-2/h26-27H,6-25H2,1-5H3. The summed E-state index contributed by atoms with van der Waals surface area (Å²) in [7, 11) is 0. The molecule has 1 heteroatoms. The zero-order valence-electron chi connectivity index (χ0n) is 20.7. The number of rotatable bonds is 22. The Hall–Kier alpha value is -0.0400. The summed E-state index contributed by atoms with van der Waals surface area (Å²) in [6, 6.07) is 0.779. The third-order valence-corrected chi connectivity index (χ3v) is 6.68. The minimum Gasteiger partial charge on any atom is -0.300 e. The molecule has 0 aliphatic rings. The predicted molar refractivity (Wildman–Crippen MR) is 130 cm³/mol. The van der Waals surface area contributed by atoms with Gasteiger partial charge in [-0.15, -0.1) is 0 Å². The smallest absolute Gasteiger partial charge is 0.00670 e. The van der Waals surface area contributed by atoms with Crippen LogP contribution in [0.2, 0.25) is 0 Å². The lowest BCUT2D eigenvalue weighted by molar-refractivity contribution is 0.156. The first-order chi connectivity index (χ1) is 13.7. The van der Waals surface area contributed by atoms with E-state index in [1.165, 1.54) is 129 Å². The third kappa shape index (κ3) is 16.9. The Morgan fingerprint density at radius 3 is 1.57 bits per heavy atom.